The molecule has 3 aromatic heterocycles. The maximum atomic E-state index is 15.1. The van der Waals surface area contributed by atoms with Crippen molar-refractivity contribution in [1.29, 1.82) is 0 Å². The van der Waals surface area contributed by atoms with E-state index in [1.165, 1.54) is 63.2 Å². The Labute approximate surface area is 246 Å². The summed E-state index contributed by atoms with van der Waals surface area (Å²) in [5.41, 5.74) is 2.55. The molecule has 42 heavy (non-hydrogen) atoms. The van der Waals surface area contributed by atoms with Crippen molar-refractivity contribution < 1.29 is 8.78 Å². The minimum atomic E-state index is -0.622. The second kappa shape index (κ2) is 12.0. The average Bonchev–Trinajstić information content (AvgIpc) is 3.63. The number of nitrogens with one attached hydrogen (secondary N) is 1. The first-order chi connectivity index (χ1) is 20.3. The molecule has 1 atom stereocenters. The predicted octanol–water partition coefficient (Wildman–Crippen LogP) is 7.81. The highest BCUT2D eigenvalue weighted by molar-refractivity contribution is 5.83. The minimum absolute atomic E-state index is 0.0267. The van der Waals surface area contributed by atoms with Crippen molar-refractivity contribution in [1.82, 2.24) is 29.4 Å². The van der Waals surface area contributed by atoms with Gasteiger partial charge in [-0.2, -0.15) is 0 Å². The number of benzene rings is 1. The quantitative estimate of drug-likeness (QED) is 0.232. The Hall–Kier alpha value is -3.46. The Kier molecular flexibility index (Phi) is 8.21. The van der Waals surface area contributed by atoms with Gasteiger partial charge in [-0.1, -0.05) is 25.8 Å². The average molecular weight is 574 g/mol. The van der Waals surface area contributed by atoms with Gasteiger partial charge in [0.2, 0.25) is 5.95 Å². The molecule has 7 nitrogen and oxygen atoms in total. The molecule has 0 amide bonds. The lowest BCUT2D eigenvalue weighted by atomic mass is 9.72. The molecule has 0 bridgehead atoms. The number of hydrogen-bond acceptors (Lipinski definition) is 6. The van der Waals surface area contributed by atoms with Gasteiger partial charge in [0.1, 0.15) is 22.9 Å². The van der Waals surface area contributed by atoms with Crippen LogP contribution in [-0.4, -0.2) is 49.0 Å². The van der Waals surface area contributed by atoms with E-state index in [1.54, 1.807) is 6.07 Å². The topological polar surface area (TPSA) is 71.8 Å². The van der Waals surface area contributed by atoms with Crippen LogP contribution in [0.4, 0.5) is 20.5 Å². The molecule has 9 heteroatoms. The highest BCUT2D eigenvalue weighted by atomic mass is 19.1. The second-order valence-electron chi connectivity index (χ2n) is 12.3. The molecule has 222 valence electrons. The van der Waals surface area contributed by atoms with E-state index in [4.69, 9.17) is 4.98 Å². The largest absolute Gasteiger partial charge is 0.326 e. The summed E-state index contributed by atoms with van der Waals surface area (Å²) in [5.74, 6) is 2.33. The molecule has 0 spiro atoms. The van der Waals surface area contributed by atoms with Crippen molar-refractivity contribution in [3.8, 4) is 11.3 Å². The molecule has 2 aliphatic rings. The summed E-state index contributed by atoms with van der Waals surface area (Å²) in [4.78, 5) is 20.3. The van der Waals surface area contributed by atoms with Crippen molar-refractivity contribution in [2.45, 2.75) is 78.2 Å². The van der Waals surface area contributed by atoms with Crippen molar-refractivity contribution in [3.05, 3.63) is 59.7 Å². The Morgan fingerprint density at radius 2 is 1.67 bits per heavy atom. The molecule has 1 saturated heterocycles. The third-order valence-electron chi connectivity index (χ3n) is 9.37. The zero-order valence-electron chi connectivity index (χ0n) is 25.1. The Morgan fingerprint density at radius 1 is 0.929 bits per heavy atom. The first-order valence-corrected chi connectivity index (χ1v) is 15.5. The van der Waals surface area contributed by atoms with Crippen molar-refractivity contribution in [2.75, 3.05) is 25.0 Å². The van der Waals surface area contributed by atoms with Gasteiger partial charge >= 0.3 is 0 Å². The van der Waals surface area contributed by atoms with Gasteiger partial charge in [-0.3, -0.25) is 0 Å². The van der Waals surface area contributed by atoms with E-state index < -0.39 is 11.6 Å². The predicted molar refractivity (Wildman–Crippen MR) is 163 cm³/mol. The van der Waals surface area contributed by atoms with Gasteiger partial charge < -0.3 is 14.8 Å². The molecule has 1 saturated carbocycles. The standard InChI is InChI=1S/C33H41F2N7/c1-5-41-14-12-23(13-15-41)30(22-8-6-7-9-22)24-10-11-29(36-18-24)39-33-37-19-27(35)31(40-33)25-16-26(34)32-28(17-25)42(20(2)3)21(4)38-32/h10-11,16-20,22-23,30H,5-9,12-15H2,1-4H3,(H,36,37,39,40). The summed E-state index contributed by atoms with van der Waals surface area (Å²) >= 11 is 0. The number of fused-ring (bicyclic) bond motifs is 1. The number of hydrogen-bond donors (Lipinski definition) is 1. The van der Waals surface area contributed by atoms with Crippen molar-refractivity contribution in [2.24, 2.45) is 11.8 Å². The number of pyridine rings is 1. The lowest BCUT2D eigenvalue weighted by Gasteiger charge is -2.38. The first kappa shape index (κ1) is 28.6. The van der Waals surface area contributed by atoms with Crippen LogP contribution in [0.15, 0.2) is 36.7 Å². The zero-order chi connectivity index (χ0) is 29.4. The number of aryl methyl sites for hydroxylation is 1. The fourth-order valence-electron chi connectivity index (χ4n) is 7.35. The molecule has 1 aliphatic carbocycles. The minimum Gasteiger partial charge on any atom is -0.326 e. The van der Waals surface area contributed by atoms with Crippen LogP contribution in [0.1, 0.15) is 82.6 Å². The first-order valence-electron chi connectivity index (χ1n) is 15.5. The maximum Gasteiger partial charge on any atom is 0.229 e. The van der Waals surface area contributed by atoms with Crippen LogP contribution < -0.4 is 5.32 Å². The highest BCUT2D eigenvalue weighted by Gasteiger charge is 2.34. The van der Waals surface area contributed by atoms with E-state index in [-0.39, 0.29) is 23.2 Å². The van der Waals surface area contributed by atoms with E-state index in [0.717, 1.165) is 18.7 Å². The number of aromatic nitrogens is 5. The van der Waals surface area contributed by atoms with Gasteiger partial charge in [-0.25, -0.2) is 28.7 Å². The number of halogens is 2. The molecule has 1 N–H and O–H groups in total. The van der Waals surface area contributed by atoms with Gasteiger partial charge in [0.15, 0.2) is 11.6 Å². The SMILES string of the molecule is CCN1CCC(C(c2ccc(Nc3ncc(F)c(-c4cc(F)c5nc(C)n(C(C)C)c5c4)n3)nc2)C2CCCC2)CC1. The fourth-order valence-corrected chi connectivity index (χ4v) is 7.35. The van der Waals surface area contributed by atoms with Crippen LogP contribution in [-0.2, 0) is 0 Å². The van der Waals surface area contributed by atoms with E-state index in [1.807, 2.05) is 37.6 Å². The van der Waals surface area contributed by atoms with E-state index >= 15 is 4.39 Å². The van der Waals surface area contributed by atoms with Gasteiger partial charge in [0.25, 0.3) is 0 Å². The zero-order valence-corrected chi connectivity index (χ0v) is 25.1. The molecule has 1 unspecified atom stereocenters. The fraction of sp³-hybridized carbons (Fsp3) is 0.515. The lowest BCUT2D eigenvalue weighted by Crippen LogP contribution is -2.36. The summed E-state index contributed by atoms with van der Waals surface area (Å²) in [6.07, 6.45) is 10.8. The Balaban J connectivity index is 1.25. The summed E-state index contributed by atoms with van der Waals surface area (Å²) in [6.45, 7) is 11.6. The monoisotopic (exact) mass is 573 g/mol. The summed E-state index contributed by atoms with van der Waals surface area (Å²) in [5, 5.41) is 3.14. The number of anilines is 2. The molecule has 4 heterocycles. The van der Waals surface area contributed by atoms with Gasteiger partial charge in [-0.05, 0) is 108 Å². The van der Waals surface area contributed by atoms with Gasteiger partial charge in [0, 0.05) is 17.8 Å². The maximum absolute atomic E-state index is 15.1. The summed E-state index contributed by atoms with van der Waals surface area (Å²) < 4.78 is 32.0. The smallest absolute Gasteiger partial charge is 0.229 e. The molecular formula is C33H41F2N7. The van der Waals surface area contributed by atoms with E-state index in [9.17, 15) is 4.39 Å². The summed E-state index contributed by atoms with van der Waals surface area (Å²) in [7, 11) is 0. The molecule has 0 radical (unpaired) electrons. The van der Waals surface area contributed by atoms with Crippen molar-refractivity contribution >= 4 is 22.8 Å². The van der Waals surface area contributed by atoms with Crippen molar-refractivity contribution in [3.63, 3.8) is 0 Å². The number of likely N-dealkylation sites (tertiary alicyclic amines) is 1. The summed E-state index contributed by atoms with van der Waals surface area (Å²) in [6, 6.07) is 7.27. The molecule has 1 aromatic carbocycles. The van der Waals surface area contributed by atoms with Crippen LogP contribution in [0.3, 0.4) is 0 Å². The lowest BCUT2D eigenvalue weighted by molar-refractivity contribution is 0.155. The van der Waals surface area contributed by atoms with Crippen LogP contribution in [0, 0.1) is 30.4 Å². The van der Waals surface area contributed by atoms with E-state index in [0.29, 0.717) is 34.6 Å². The Morgan fingerprint density at radius 3 is 2.33 bits per heavy atom. The van der Waals surface area contributed by atoms with Gasteiger partial charge in [0.05, 0.1) is 11.7 Å². The molecule has 6 rings (SSSR count). The molecule has 2 fully saturated rings. The van der Waals surface area contributed by atoms with Crippen LogP contribution in [0.2, 0.25) is 0 Å². The highest BCUT2D eigenvalue weighted by Crippen LogP contribution is 2.45. The number of rotatable bonds is 8. The molecule has 4 aromatic rings. The number of imidazole rings is 1. The third-order valence-corrected chi connectivity index (χ3v) is 9.37. The molecule has 1 aliphatic heterocycles. The van der Waals surface area contributed by atoms with Crippen LogP contribution in [0.25, 0.3) is 22.3 Å². The second-order valence-corrected chi connectivity index (χ2v) is 12.3. The Bertz CT molecular complexity index is 1530. The third kappa shape index (κ3) is 5.63. The van der Waals surface area contributed by atoms with Crippen LogP contribution in [0.5, 0.6) is 0 Å². The number of piperidine rings is 1. The van der Waals surface area contributed by atoms with Gasteiger partial charge in [-0.15, -0.1) is 0 Å². The van der Waals surface area contributed by atoms with E-state index in [2.05, 4.69) is 38.2 Å². The number of nitrogens with zero attached hydrogens (tertiary/aromatic N) is 6. The normalized spacial score (nSPS) is 17.9. The molecular weight excluding hydrogens is 532 g/mol. The van der Waals surface area contributed by atoms with Crippen LogP contribution >= 0.6 is 0 Å².